The third kappa shape index (κ3) is 6.38. The molecule has 1 aliphatic rings. The number of anilines is 1. The molecule has 152 valence electrons. The van der Waals surface area contributed by atoms with Gasteiger partial charge in [-0.3, -0.25) is 4.79 Å². The first-order chi connectivity index (χ1) is 13.4. The normalized spacial score (nSPS) is 15.1. The quantitative estimate of drug-likeness (QED) is 0.794. The number of rotatable bonds is 4. The largest absolute Gasteiger partial charge is 0.494 e. The van der Waals surface area contributed by atoms with Crippen LogP contribution in [0.25, 0.3) is 0 Å². The molecule has 1 amide bonds. The topological polar surface area (TPSA) is 81.4 Å². The van der Waals surface area contributed by atoms with Crippen molar-refractivity contribution < 1.29 is 22.5 Å². The van der Waals surface area contributed by atoms with Gasteiger partial charge in [0.1, 0.15) is 11.0 Å². The van der Waals surface area contributed by atoms with Crippen LogP contribution in [0.1, 0.15) is 32.1 Å². The SMILES string of the molecule is COc1cccc(F)c1F.NS(=O)c1cccc(NC(=O)C2CCCCC2)c1. The molecule has 3 rings (SSSR count). The van der Waals surface area contributed by atoms with E-state index in [1.54, 1.807) is 24.3 Å². The van der Waals surface area contributed by atoms with Gasteiger partial charge in [0, 0.05) is 11.6 Å². The first-order valence-electron chi connectivity index (χ1n) is 8.97. The van der Waals surface area contributed by atoms with Crippen LogP contribution < -0.4 is 15.2 Å². The predicted octanol–water partition coefficient (Wildman–Crippen LogP) is 4.16. The number of carbonyl (C=O) groups is 1. The van der Waals surface area contributed by atoms with Crippen molar-refractivity contribution in [3.8, 4) is 5.75 Å². The molecule has 1 saturated carbocycles. The zero-order chi connectivity index (χ0) is 20.5. The summed E-state index contributed by atoms with van der Waals surface area (Å²) < 4.78 is 40.5. The fraction of sp³-hybridized carbons (Fsp3) is 0.350. The summed E-state index contributed by atoms with van der Waals surface area (Å²) in [5.41, 5.74) is 0.668. The molecule has 2 aromatic carbocycles. The summed E-state index contributed by atoms with van der Waals surface area (Å²) in [6.07, 6.45) is 5.42. The highest BCUT2D eigenvalue weighted by atomic mass is 32.2. The minimum atomic E-state index is -1.51. The smallest absolute Gasteiger partial charge is 0.227 e. The molecule has 1 aliphatic carbocycles. The molecule has 1 atom stereocenters. The number of hydrogen-bond acceptors (Lipinski definition) is 3. The van der Waals surface area contributed by atoms with Gasteiger partial charge in [-0.25, -0.2) is 13.7 Å². The summed E-state index contributed by atoms with van der Waals surface area (Å²) in [4.78, 5) is 12.6. The van der Waals surface area contributed by atoms with E-state index < -0.39 is 22.6 Å². The second kappa shape index (κ2) is 10.9. The van der Waals surface area contributed by atoms with Crippen molar-refractivity contribution >= 4 is 22.6 Å². The number of halogens is 2. The number of nitrogens with one attached hydrogen (secondary N) is 1. The van der Waals surface area contributed by atoms with E-state index >= 15 is 0 Å². The van der Waals surface area contributed by atoms with E-state index in [-0.39, 0.29) is 17.6 Å². The summed E-state index contributed by atoms with van der Waals surface area (Å²) in [6.45, 7) is 0. The Morgan fingerprint density at radius 1 is 1.14 bits per heavy atom. The van der Waals surface area contributed by atoms with Crippen LogP contribution in [0.15, 0.2) is 47.4 Å². The van der Waals surface area contributed by atoms with Crippen LogP contribution >= 0.6 is 0 Å². The molecular formula is C20H24F2N2O3S. The van der Waals surface area contributed by atoms with Gasteiger partial charge in [-0.15, -0.1) is 0 Å². The Morgan fingerprint density at radius 3 is 2.43 bits per heavy atom. The maximum atomic E-state index is 12.5. The van der Waals surface area contributed by atoms with Crippen molar-refractivity contribution in [1.29, 1.82) is 0 Å². The van der Waals surface area contributed by atoms with Gasteiger partial charge in [0.25, 0.3) is 0 Å². The maximum Gasteiger partial charge on any atom is 0.227 e. The molecule has 1 unspecified atom stereocenters. The first-order valence-corrected chi connectivity index (χ1v) is 10.2. The summed E-state index contributed by atoms with van der Waals surface area (Å²) in [5.74, 6) is -1.72. The van der Waals surface area contributed by atoms with Gasteiger partial charge < -0.3 is 10.1 Å². The van der Waals surface area contributed by atoms with E-state index in [0.717, 1.165) is 31.7 Å². The summed E-state index contributed by atoms with van der Waals surface area (Å²) in [6, 6.07) is 10.7. The Hall–Kier alpha value is -2.32. The molecule has 0 radical (unpaired) electrons. The minimum Gasteiger partial charge on any atom is -0.494 e. The van der Waals surface area contributed by atoms with Crippen LogP contribution in [0.4, 0.5) is 14.5 Å². The van der Waals surface area contributed by atoms with Crippen molar-refractivity contribution in [2.75, 3.05) is 12.4 Å². The number of nitrogens with two attached hydrogens (primary N) is 1. The van der Waals surface area contributed by atoms with Crippen molar-refractivity contribution in [2.24, 2.45) is 11.1 Å². The highest BCUT2D eigenvalue weighted by Gasteiger charge is 2.21. The van der Waals surface area contributed by atoms with E-state index in [1.807, 2.05) is 0 Å². The minimum absolute atomic E-state index is 0.0645. The van der Waals surface area contributed by atoms with Gasteiger partial charge in [-0.05, 0) is 43.2 Å². The third-order valence-corrected chi connectivity index (χ3v) is 5.16. The van der Waals surface area contributed by atoms with Crippen LogP contribution in [0.3, 0.4) is 0 Å². The van der Waals surface area contributed by atoms with Crippen LogP contribution in [0.2, 0.25) is 0 Å². The Morgan fingerprint density at radius 2 is 1.82 bits per heavy atom. The van der Waals surface area contributed by atoms with Crippen LogP contribution in [0, 0.1) is 17.6 Å². The molecule has 0 saturated heterocycles. The Labute approximate surface area is 165 Å². The molecule has 0 aromatic heterocycles. The van der Waals surface area contributed by atoms with Gasteiger partial charge in [-0.2, -0.15) is 4.39 Å². The molecule has 8 heteroatoms. The molecular weight excluding hydrogens is 386 g/mol. The summed E-state index contributed by atoms with van der Waals surface area (Å²) in [5, 5.41) is 8.19. The number of benzene rings is 2. The van der Waals surface area contributed by atoms with Gasteiger partial charge in [0.05, 0.1) is 12.0 Å². The molecule has 0 heterocycles. The first kappa shape index (κ1) is 22.0. The Kier molecular flexibility index (Phi) is 8.53. The fourth-order valence-electron chi connectivity index (χ4n) is 2.95. The lowest BCUT2D eigenvalue weighted by molar-refractivity contribution is -0.120. The van der Waals surface area contributed by atoms with Crippen molar-refractivity contribution in [3.63, 3.8) is 0 Å². The van der Waals surface area contributed by atoms with Crippen LogP contribution in [-0.4, -0.2) is 17.2 Å². The highest BCUT2D eigenvalue weighted by molar-refractivity contribution is 7.82. The standard InChI is InChI=1S/C13H18N2O2S.C7H6F2O/c14-18(17)12-8-4-7-11(9-12)15-13(16)10-5-2-1-3-6-10;1-10-6-4-2-3-5(8)7(6)9/h4,7-10H,1-3,5-6,14H2,(H,15,16);2-4H,1H3. The molecule has 5 nitrogen and oxygen atoms in total. The Balaban J connectivity index is 0.000000237. The number of amides is 1. The molecule has 0 aliphatic heterocycles. The zero-order valence-corrected chi connectivity index (χ0v) is 16.4. The number of ether oxygens (including phenoxy) is 1. The van der Waals surface area contributed by atoms with Crippen LogP contribution in [0.5, 0.6) is 5.75 Å². The molecule has 0 bridgehead atoms. The van der Waals surface area contributed by atoms with Crippen molar-refractivity contribution in [2.45, 2.75) is 37.0 Å². The molecule has 2 aromatic rings. The number of methoxy groups -OCH3 is 1. The lowest BCUT2D eigenvalue weighted by atomic mass is 9.88. The van der Waals surface area contributed by atoms with Gasteiger partial charge in [-0.1, -0.05) is 31.4 Å². The number of hydrogen-bond donors (Lipinski definition) is 2. The van der Waals surface area contributed by atoms with E-state index in [0.29, 0.717) is 10.6 Å². The third-order valence-electron chi connectivity index (χ3n) is 4.45. The molecule has 0 spiro atoms. The van der Waals surface area contributed by atoms with E-state index in [4.69, 9.17) is 5.14 Å². The van der Waals surface area contributed by atoms with Crippen molar-refractivity contribution in [1.82, 2.24) is 0 Å². The summed E-state index contributed by atoms with van der Waals surface area (Å²) in [7, 11) is -0.221. The average Bonchev–Trinajstić information content (AvgIpc) is 2.71. The second-order valence-electron chi connectivity index (χ2n) is 6.41. The van der Waals surface area contributed by atoms with Gasteiger partial charge in [0.2, 0.25) is 11.7 Å². The number of carbonyl (C=O) groups excluding carboxylic acids is 1. The van der Waals surface area contributed by atoms with Crippen molar-refractivity contribution in [3.05, 3.63) is 54.1 Å². The highest BCUT2D eigenvalue weighted by Crippen LogP contribution is 2.25. The molecule has 3 N–H and O–H groups in total. The summed E-state index contributed by atoms with van der Waals surface area (Å²) >= 11 is 0. The van der Waals surface area contributed by atoms with Crippen LogP contribution in [-0.2, 0) is 15.8 Å². The fourth-order valence-corrected chi connectivity index (χ4v) is 3.41. The van der Waals surface area contributed by atoms with E-state index in [9.17, 15) is 17.8 Å². The lowest BCUT2D eigenvalue weighted by Crippen LogP contribution is -2.24. The predicted molar refractivity (Wildman–Crippen MR) is 105 cm³/mol. The maximum absolute atomic E-state index is 12.5. The Bertz CT molecular complexity index is 827. The second-order valence-corrected chi connectivity index (χ2v) is 7.47. The molecule has 1 fully saturated rings. The van der Waals surface area contributed by atoms with Gasteiger partial charge >= 0.3 is 0 Å². The zero-order valence-electron chi connectivity index (χ0n) is 15.6. The van der Waals surface area contributed by atoms with E-state index in [1.165, 1.54) is 25.7 Å². The average molecular weight is 410 g/mol. The molecule has 28 heavy (non-hydrogen) atoms. The van der Waals surface area contributed by atoms with Gasteiger partial charge in [0.15, 0.2) is 11.6 Å². The van der Waals surface area contributed by atoms with E-state index in [2.05, 4.69) is 10.1 Å². The monoisotopic (exact) mass is 410 g/mol. The lowest BCUT2D eigenvalue weighted by Gasteiger charge is -2.20.